The molecule has 1 unspecified atom stereocenters. The van der Waals surface area contributed by atoms with Gasteiger partial charge in [0.1, 0.15) is 5.54 Å². The van der Waals surface area contributed by atoms with Gasteiger partial charge >= 0.3 is 0 Å². The number of rotatable bonds is 6. The molecule has 1 aliphatic heterocycles. The van der Waals surface area contributed by atoms with Crippen molar-refractivity contribution in [3.63, 3.8) is 0 Å². The minimum absolute atomic E-state index is 0.195. The molecular formula is C12H24N4O. The Labute approximate surface area is 103 Å². The van der Waals surface area contributed by atoms with Crippen LogP contribution >= 0.6 is 0 Å². The largest absolute Gasteiger partial charge is 0.368 e. The van der Waals surface area contributed by atoms with Gasteiger partial charge in [0.15, 0.2) is 0 Å². The molecule has 17 heavy (non-hydrogen) atoms. The Balaban J connectivity index is 1.89. The SMILES string of the molecule is CN(C)CCNC1(C(N)=O)CCN(C2CC2)C1. The van der Waals surface area contributed by atoms with Crippen molar-refractivity contribution in [3.05, 3.63) is 0 Å². The molecule has 0 aromatic carbocycles. The Morgan fingerprint density at radius 1 is 1.53 bits per heavy atom. The van der Waals surface area contributed by atoms with Crippen molar-refractivity contribution in [1.29, 1.82) is 0 Å². The highest BCUT2D eigenvalue weighted by molar-refractivity contribution is 5.85. The Hall–Kier alpha value is -0.650. The number of hydrogen-bond acceptors (Lipinski definition) is 4. The third kappa shape index (κ3) is 2.97. The topological polar surface area (TPSA) is 61.6 Å². The van der Waals surface area contributed by atoms with Gasteiger partial charge in [-0.15, -0.1) is 0 Å². The van der Waals surface area contributed by atoms with Gasteiger partial charge in [-0.1, -0.05) is 0 Å². The van der Waals surface area contributed by atoms with Crippen molar-refractivity contribution < 1.29 is 4.79 Å². The maximum atomic E-state index is 11.7. The van der Waals surface area contributed by atoms with Crippen molar-refractivity contribution >= 4 is 5.91 Å². The average molecular weight is 240 g/mol. The number of carbonyl (C=O) groups is 1. The summed E-state index contributed by atoms with van der Waals surface area (Å²) in [5.41, 5.74) is 5.10. The predicted octanol–water partition coefficient (Wildman–Crippen LogP) is -0.770. The second kappa shape index (κ2) is 4.92. The van der Waals surface area contributed by atoms with Crippen LogP contribution in [0, 0.1) is 0 Å². The summed E-state index contributed by atoms with van der Waals surface area (Å²) < 4.78 is 0. The molecular weight excluding hydrogens is 216 g/mol. The van der Waals surface area contributed by atoms with Crippen molar-refractivity contribution in [2.75, 3.05) is 40.3 Å². The van der Waals surface area contributed by atoms with Crippen LogP contribution in [0.25, 0.3) is 0 Å². The first-order valence-corrected chi connectivity index (χ1v) is 6.47. The summed E-state index contributed by atoms with van der Waals surface area (Å²) in [5, 5.41) is 3.38. The zero-order valence-corrected chi connectivity index (χ0v) is 10.9. The van der Waals surface area contributed by atoms with Crippen molar-refractivity contribution in [2.45, 2.75) is 30.8 Å². The molecule has 2 rings (SSSR count). The fourth-order valence-electron chi connectivity index (χ4n) is 2.54. The third-order valence-corrected chi connectivity index (χ3v) is 3.86. The van der Waals surface area contributed by atoms with Crippen LogP contribution < -0.4 is 11.1 Å². The molecule has 3 N–H and O–H groups in total. The Morgan fingerprint density at radius 3 is 2.76 bits per heavy atom. The molecule has 0 aromatic rings. The highest BCUT2D eigenvalue weighted by Crippen LogP contribution is 2.33. The van der Waals surface area contributed by atoms with Crippen molar-refractivity contribution in [2.24, 2.45) is 5.73 Å². The lowest BCUT2D eigenvalue weighted by Gasteiger charge is -2.28. The van der Waals surface area contributed by atoms with E-state index in [0.29, 0.717) is 6.04 Å². The molecule has 0 aromatic heterocycles. The van der Waals surface area contributed by atoms with Crippen LogP contribution in [0.4, 0.5) is 0 Å². The van der Waals surface area contributed by atoms with E-state index >= 15 is 0 Å². The molecule has 1 atom stereocenters. The number of likely N-dealkylation sites (tertiary alicyclic amines) is 1. The zero-order chi connectivity index (χ0) is 12.5. The molecule has 1 aliphatic carbocycles. The van der Waals surface area contributed by atoms with Crippen LogP contribution in [0.2, 0.25) is 0 Å². The van der Waals surface area contributed by atoms with Gasteiger partial charge in [0.05, 0.1) is 0 Å². The number of primary amides is 1. The zero-order valence-electron chi connectivity index (χ0n) is 10.9. The molecule has 1 saturated carbocycles. The van der Waals surface area contributed by atoms with E-state index in [1.54, 1.807) is 0 Å². The van der Waals surface area contributed by atoms with Gasteiger partial charge in [-0.3, -0.25) is 9.69 Å². The summed E-state index contributed by atoms with van der Waals surface area (Å²) in [5.74, 6) is -0.195. The quantitative estimate of drug-likeness (QED) is 0.640. The lowest BCUT2D eigenvalue weighted by atomic mass is 9.98. The van der Waals surface area contributed by atoms with Gasteiger partial charge in [0, 0.05) is 32.2 Å². The molecule has 0 spiro atoms. The Kier molecular flexibility index (Phi) is 3.70. The lowest BCUT2D eigenvalue weighted by molar-refractivity contribution is -0.124. The van der Waals surface area contributed by atoms with Gasteiger partial charge in [0.25, 0.3) is 0 Å². The number of nitrogens with zero attached hydrogens (tertiary/aromatic N) is 2. The summed E-state index contributed by atoms with van der Waals surface area (Å²) in [4.78, 5) is 16.2. The van der Waals surface area contributed by atoms with Gasteiger partial charge in [-0.25, -0.2) is 0 Å². The third-order valence-electron chi connectivity index (χ3n) is 3.86. The van der Waals surface area contributed by atoms with Crippen LogP contribution in [0.1, 0.15) is 19.3 Å². The Bertz CT molecular complexity index is 290. The minimum Gasteiger partial charge on any atom is -0.368 e. The number of carbonyl (C=O) groups excluding carboxylic acids is 1. The van der Waals surface area contributed by atoms with E-state index in [2.05, 4.69) is 15.1 Å². The van der Waals surface area contributed by atoms with Gasteiger partial charge in [-0.05, 0) is 33.4 Å². The first kappa shape index (κ1) is 12.8. The van der Waals surface area contributed by atoms with Crippen LogP contribution in [-0.4, -0.2) is 67.6 Å². The predicted molar refractivity (Wildman–Crippen MR) is 67.7 cm³/mol. The number of nitrogens with one attached hydrogen (secondary N) is 1. The van der Waals surface area contributed by atoms with Crippen LogP contribution in [-0.2, 0) is 4.79 Å². The minimum atomic E-state index is -0.487. The molecule has 98 valence electrons. The second-order valence-electron chi connectivity index (χ2n) is 5.63. The van der Waals surface area contributed by atoms with E-state index in [-0.39, 0.29) is 5.91 Å². The summed E-state index contributed by atoms with van der Waals surface area (Å²) in [6, 6.07) is 0.715. The summed E-state index contributed by atoms with van der Waals surface area (Å²) in [6.07, 6.45) is 3.42. The maximum absolute atomic E-state index is 11.7. The highest BCUT2D eigenvalue weighted by Gasteiger charge is 2.46. The molecule has 1 amide bonds. The fourth-order valence-corrected chi connectivity index (χ4v) is 2.54. The summed E-state index contributed by atoms with van der Waals surface area (Å²) >= 11 is 0. The molecule has 0 radical (unpaired) electrons. The molecule has 1 saturated heterocycles. The monoisotopic (exact) mass is 240 g/mol. The summed E-state index contributed by atoms with van der Waals surface area (Å²) in [7, 11) is 4.06. The van der Waals surface area contributed by atoms with Crippen LogP contribution in [0.15, 0.2) is 0 Å². The van der Waals surface area contributed by atoms with Crippen molar-refractivity contribution in [1.82, 2.24) is 15.1 Å². The van der Waals surface area contributed by atoms with E-state index < -0.39 is 5.54 Å². The molecule has 2 fully saturated rings. The summed E-state index contributed by atoms with van der Waals surface area (Å²) in [6.45, 7) is 3.54. The number of nitrogens with two attached hydrogens (primary N) is 1. The molecule has 5 nitrogen and oxygen atoms in total. The molecule has 1 heterocycles. The average Bonchev–Trinajstić information content (AvgIpc) is 3.00. The second-order valence-corrected chi connectivity index (χ2v) is 5.63. The highest BCUT2D eigenvalue weighted by atomic mass is 16.1. The van der Waals surface area contributed by atoms with Gasteiger partial charge < -0.3 is 16.0 Å². The first-order valence-electron chi connectivity index (χ1n) is 6.47. The fraction of sp³-hybridized carbons (Fsp3) is 0.917. The van der Waals surface area contributed by atoms with Crippen molar-refractivity contribution in [3.8, 4) is 0 Å². The van der Waals surface area contributed by atoms with E-state index in [1.165, 1.54) is 12.8 Å². The number of likely N-dealkylation sites (N-methyl/N-ethyl adjacent to an activating group) is 1. The first-order chi connectivity index (χ1) is 8.03. The van der Waals surface area contributed by atoms with E-state index in [0.717, 1.165) is 32.6 Å². The standard InChI is InChI=1S/C12H24N4O/c1-15(2)8-6-14-12(11(13)17)5-7-16(9-12)10-3-4-10/h10,14H,3-9H2,1-2H3,(H2,13,17). The number of hydrogen-bond donors (Lipinski definition) is 2. The van der Waals surface area contributed by atoms with Gasteiger partial charge in [-0.2, -0.15) is 0 Å². The van der Waals surface area contributed by atoms with Gasteiger partial charge in [0.2, 0.25) is 5.91 Å². The normalized spacial score (nSPS) is 30.1. The molecule has 2 aliphatic rings. The smallest absolute Gasteiger partial charge is 0.239 e. The van der Waals surface area contributed by atoms with E-state index in [1.807, 2.05) is 14.1 Å². The van der Waals surface area contributed by atoms with Crippen LogP contribution in [0.5, 0.6) is 0 Å². The van der Waals surface area contributed by atoms with E-state index in [9.17, 15) is 4.79 Å². The molecule has 0 bridgehead atoms. The lowest BCUT2D eigenvalue weighted by Crippen LogP contribution is -2.58. The van der Waals surface area contributed by atoms with Crippen LogP contribution in [0.3, 0.4) is 0 Å². The Morgan fingerprint density at radius 2 is 2.24 bits per heavy atom. The number of amides is 1. The maximum Gasteiger partial charge on any atom is 0.239 e. The molecule has 5 heteroatoms. The van der Waals surface area contributed by atoms with E-state index in [4.69, 9.17) is 5.73 Å².